The summed E-state index contributed by atoms with van der Waals surface area (Å²) in [5, 5.41) is 2.82. The number of pyridine rings is 1. The smallest absolute Gasteiger partial charge is 0.228 e. The summed E-state index contributed by atoms with van der Waals surface area (Å²) in [4.78, 5) is 23.3. The quantitative estimate of drug-likeness (QED) is 0.817. The molecule has 4 nitrogen and oxygen atoms in total. The van der Waals surface area contributed by atoms with E-state index < -0.39 is 0 Å². The molecule has 2 aromatic rings. The second-order valence-corrected chi connectivity index (χ2v) is 6.56. The zero-order chi connectivity index (χ0) is 16.1. The monoisotopic (exact) mass is 317 g/mol. The molecule has 5 heteroatoms. The van der Waals surface area contributed by atoms with Gasteiger partial charge in [0.1, 0.15) is 5.01 Å². The highest BCUT2D eigenvalue weighted by atomic mass is 32.1. The number of carbonyl (C=O) groups excluding carboxylic acids is 1. The Kier molecular flexibility index (Phi) is 5.66. The summed E-state index contributed by atoms with van der Waals surface area (Å²) in [5.41, 5.74) is 1.68. The molecule has 0 bridgehead atoms. The maximum absolute atomic E-state index is 12.5. The lowest BCUT2D eigenvalue weighted by atomic mass is 10.0. The fourth-order valence-electron chi connectivity index (χ4n) is 2.30. The van der Waals surface area contributed by atoms with Crippen molar-refractivity contribution in [1.82, 2.24) is 14.9 Å². The number of nitrogens with zero attached hydrogens (tertiary/aromatic N) is 3. The summed E-state index contributed by atoms with van der Waals surface area (Å²) < 4.78 is 0. The first-order chi connectivity index (χ1) is 10.5. The van der Waals surface area contributed by atoms with E-state index in [1.807, 2.05) is 35.4 Å². The summed E-state index contributed by atoms with van der Waals surface area (Å²) in [6.45, 7) is 9.14. The first kappa shape index (κ1) is 16.6. The first-order valence-electron chi connectivity index (χ1n) is 7.68. The standard InChI is InChI=1S/C17H23N3OS/c1-5-20(13(4)12(2)3)16(21)10-14-11-22-17(19-14)15-8-6-7-9-18-15/h6-9,11-13H,5,10H2,1-4H3. The average Bonchev–Trinajstić information content (AvgIpc) is 2.97. The summed E-state index contributed by atoms with van der Waals surface area (Å²) in [5.74, 6) is 0.588. The lowest BCUT2D eigenvalue weighted by Crippen LogP contribution is -2.42. The number of likely N-dealkylation sites (N-methyl/N-ethyl adjacent to an activating group) is 1. The predicted octanol–water partition coefficient (Wildman–Crippen LogP) is 3.64. The number of carbonyl (C=O) groups is 1. The van der Waals surface area contributed by atoms with E-state index in [1.54, 1.807) is 6.20 Å². The molecule has 0 fully saturated rings. The Morgan fingerprint density at radius 1 is 1.32 bits per heavy atom. The van der Waals surface area contributed by atoms with Crippen LogP contribution in [-0.2, 0) is 11.2 Å². The molecule has 0 aromatic carbocycles. The first-order valence-corrected chi connectivity index (χ1v) is 8.56. The van der Waals surface area contributed by atoms with Crippen molar-refractivity contribution in [2.24, 2.45) is 5.92 Å². The Labute approximate surface area is 136 Å². The zero-order valence-electron chi connectivity index (χ0n) is 13.6. The van der Waals surface area contributed by atoms with Crippen molar-refractivity contribution in [2.45, 2.75) is 40.2 Å². The second kappa shape index (κ2) is 7.49. The summed E-state index contributed by atoms with van der Waals surface area (Å²) in [6, 6.07) is 6.00. The lowest BCUT2D eigenvalue weighted by Gasteiger charge is -2.30. The molecule has 0 N–H and O–H groups in total. The molecule has 0 aliphatic heterocycles. The van der Waals surface area contributed by atoms with Gasteiger partial charge >= 0.3 is 0 Å². The molecule has 0 aliphatic rings. The van der Waals surface area contributed by atoms with Gasteiger partial charge in [-0.3, -0.25) is 9.78 Å². The molecule has 1 unspecified atom stereocenters. The largest absolute Gasteiger partial charge is 0.340 e. The van der Waals surface area contributed by atoms with E-state index in [2.05, 4.69) is 30.7 Å². The van der Waals surface area contributed by atoms with E-state index in [0.717, 1.165) is 22.9 Å². The van der Waals surface area contributed by atoms with Crippen LogP contribution in [0.3, 0.4) is 0 Å². The van der Waals surface area contributed by atoms with Gasteiger partial charge < -0.3 is 4.90 Å². The van der Waals surface area contributed by atoms with Crippen LogP contribution in [0.5, 0.6) is 0 Å². The molecule has 1 atom stereocenters. The highest BCUT2D eigenvalue weighted by Gasteiger charge is 2.21. The number of amides is 1. The fraction of sp³-hybridized carbons (Fsp3) is 0.471. The van der Waals surface area contributed by atoms with Gasteiger partial charge in [0.05, 0.1) is 17.8 Å². The van der Waals surface area contributed by atoms with Crippen molar-refractivity contribution in [3.63, 3.8) is 0 Å². The normalized spacial score (nSPS) is 12.4. The summed E-state index contributed by atoms with van der Waals surface area (Å²) in [6.07, 6.45) is 2.11. The van der Waals surface area contributed by atoms with Crippen molar-refractivity contribution in [3.05, 3.63) is 35.5 Å². The molecule has 118 valence electrons. The minimum atomic E-state index is 0.140. The maximum atomic E-state index is 12.5. The topological polar surface area (TPSA) is 46.1 Å². The molecule has 0 spiro atoms. The van der Waals surface area contributed by atoms with Crippen LogP contribution in [0.4, 0.5) is 0 Å². The van der Waals surface area contributed by atoms with Gasteiger partial charge in [-0.2, -0.15) is 0 Å². The molecule has 2 rings (SSSR count). The predicted molar refractivity (Wildman–Crippen MR) is 90.7 cm³/mol. The Bertz CT molecular complexity index is 609. The van der Waals surface area contributed by atoms with Crippen molar-refractivity contribution < 1.29 is 4.79 Å². The number of hydrogen-bond donors (Lipinski definition) is 0. The molecule has 2 aromatic heterocycles. The highest BCUT2D eigenvalue weighted by Crippen LogP contribution is 2.22. The summed E-state index contributed by atoms with van der Waals surface area (Å²) in [7, 11) is 0. The molecular weight excluding hydrogens is 294 g/mol. The summed E-state index contributed by atoms with van der Waals surface area (Å²) >= 11 is 1.53. The third kappa shape index (κ3) is 3.91. The number of aromatic nitrogens is 2. The molecule has 2 heterocycles. The van der Waals surface area contributed by atoms with Crippen LogP contribution in [-0.4, -0.2) is 33.4 Å². The maximum Gasteiger partial charge on any atom is 0.228 e. The molecule has 0 saturated heterocycles. The van der Waals surface area contributed by atoms with Crippen LogP contribution < -0.4 is 0 Å². The van der Waals surface area contributed by atoms with Gasteiger partial charge in [0.25, 0.3) is 0 Å². The van der Waals surface area contributed by atoms with E-state index in [4.69, 9.17) is 0 Å². The third-order valence-electron chi connectivity index (χ3n) is 3.89. The minimum absolute atomic E-state index is 0.140. The molecule has 22 heavy (non-hydrogen) atoms. The SMILES string of the molecule is CCN(C(=O)Cc1csc(-c2ccccn2)n1)C(C)C(C)C. The van der Waals surface area contributed by atoms with E-state index >= 15 is 0 Å². The van der Waals surface area contributed by atoms with Gasteiger partial charge in [-0.1, -0.05) is 19.9 Å². The molecule has 0 aliphatic carbocycles. The number of rotatable bonds is 6. The van der Waals surface area contributed by atoms with Crippen molar-refractivity contribution >= 4 is 17.2 Å². The van der Waals surface area contributed by atoms with Crippen molar-refractivity contribution in [3.8, 4) is 10.7 Å². The van der Waals surface area contributed by atoms with Crippen molar-refractivity contribution in [1.29, 1.82) is 0 Å². The average molecular weight is 317 g/mol. The van der Waals surface area contributed by atoms with Crippen LogP contribution in [0.2, 0.25) is 0 Å². The van der Waals surface area contributed by atoms with Crippen LogP contribution in [0.15, 0.2) is 29.8 Å². The third-order valence-corrected chi connectivity index (χ3v) is 4.80. The van der Waals surface area contributed by atoms with Crippen LogP contribution in [0.25, 0.3) is 10.7 Å². The number of hydrogen-bond acceptors (Lipinski definition) is 4. The Morgan fingerprint density at radius 2 is 2.09 bits per heavy atom. The van der Waals surface area contributed by atoms with Crippen LogP contribution >= 0.6 is 11.3 Å². The highest BCUT2D eigenvalue weighted by molar-refractivity contribution is 7.13. The van der Waals surface area contributed by atoms with Gasteiger partial charge in [0.15, 0.2) is 0 Å². The molecule has 0 saturated carbocycles. The van der Waals surface area contributed by atoms with Gasteiger partial charge in [0.2, 0.25) is 5.91 Å². The van der Waals surface area contributed by atoms with E-state index in [0.29, 0.717) is 12.3 Å². The van der Waals surface area contributed by atoms with Crippen LogP contribution in [0, 0.1) is 5.92 Å². The zero-order valence-corrected chi connectivity index (χ0v) is 14.4. The van der Waals surface area contributed by atoms with Crippen molar-refractivity contribution in [2.75, 3.05) is 6.54 Å². The van der Waals surface area contributed by atoms with Gasteiger partial charge in [-0.05, 0) is 31.9 Å². The van der Waals surface area contributed by atoms with E-state index in [9.17, 15) is 4.79 Å². The van der Waals surface area contributed by atoms with E-state index in [1.165, 1.54) is 11.3 Å². The molecule has 0 radical (unpaired) electrons. The lowest BCUT2D eigenvalue weighted by molar-refractivity contribution is -0.133. The molecular formula is C17H23N3OS. The molecule has 1 amide bonds. The van der Waals surface area contributed by atoms with Gasteiger partial charge in [-0.25, -0.2) is 4.98 Å². The van der Waals surface area contributed by atoms with E-state index in [-0.39, 0.29) is 11.9 Å². The van der Waals surface area contributed by atoms with Gasteiger partial charge in [0, 0.05) is 24.2 Å². The Balaban J connectivity index is 2.08. The second-order valence-electron chi connectivity index (χ2n) is 5.70. The Hall–Kier alpha value is -1.75. The van der Waals surface area contributed by atoms with Crippen LogP contribution in [0.1, 0.15) is 33.4 Å². The fourth-order valence-corrected chi connectivity index (χ4v) is 3.10. The Morgan fingerprint density at radius 3 is 2.68 bits per heavy atom. The minimum Gasteiger partial charge on any atom is -0.340 e. The van der Waals surface area contributed by atoms with Gasteiger partial charge in [-0.15, -0.1) is 11.3 Å². The number of thiazole rings is 1.